The molecule has 0 aliphatic heterocycles. The fourth-order valence-corrected chi connectivity index (χ4v) is 0.722. The van der Waals surface area contributed by atoms with E-state index in [0.717, 1.165) is 17.3 Å². The van der Waals surface area contributed by atoms with Gasteiger partial charge in [-0.15, -0.1) is 0 Å². The van der Waals surface area contributed by atoms with Crippen molar-refractivity contribution in [2.24, 2.45) is 0 Å². The van der Waals surface area contributed by atoms with Crippen molar-refractivity contribution in [3.05, 3.63) is 6.42 Å². The van der Waals surface area contributed by atoms with Gasteiger partial charge in [-0.3, -0.25) is 0 Å². The Morgan fingerprint density at radius 3 is 1.71 bits per heavy atom. The molecule has 0 aromatic rings. The third kappa shape index (κ3) is 4.77. The van der Waals surface area contributed by atoms with E-state index in [0.29, 0.717) is 0 Å². The summed E-state index contributed by atoms with van der Waals surface area (Å²) < 4.78 is 0. The normalized spacial score (nSPS) is 18.1. The van der Waals surface area contributed by atoms with E-state index in [4.69, 9.17) is 9.69 Å². The van der Waals surface area contributed by atoms with Gasteiger partial charge < -0.3 is 6.42 Å². The van der Waals surface area contributed by atoms with Crippen LogP contribution in [0, 0.1) is 6.42 Å². The minimum atomic E-state index is 0.847. The van der Waals surface area contributed by atoms with Crippen LogP contribution in [0.25, 0.3) is 0 Å². The predicted molar refractivity (Wildman–Crippen MR) is 28.6 cm³/mol. The summed E-state index contributed by atoms with van der Waals surface area (Å²) >= 11 is 0.847. The van der Waals surface area contributed by atoms with Crippen LogP contribution >= 0.6 is 9.69 Å². The topological polar surface area (TPSA) is 0 Å². The van der Waals surface area contributed by atoms with Gasteiger partial charge >= 0.3 is 27.0 Å². The Morgan fingerprint density at radius 2 is 1.57 bits per heavy atom. The molecule has 1 rings (SSSR count). The molecule has 0 unspecified atom stereocenters. The molecule has 0 amide bonds. The summed E-state index contributed by atoms with van der Waals surface area (Å²) in [5.41, 5.74) is 0. The Hall–Kier alpha value is 0.913. The van der Waals surface area contributed by atoms with Crippen molar-refractivity contribution in [3.63, 3.8) is 0 Å². The van der Waals surface area contributed by atoms with Gasteiger partial charge in [0, 0.05) is 0 Å². The van der Waals surface area contributed by atoms with E-state index in [1.807, 2.05) is 0 Å². The summed E-state index contributed by atoms with van der Waals surface area (Å²) in [6.07, 6.45) is 8.00. The van der Waals surface area contributed by atoms with Crippen molar-refractivity contribution < 1.29 is 17.3 Å². The predicted octanol–water partition coefficient (Wildman–Crippen LogP) is 2.45. The van der Waals surface area contributed by atoms with E-state index >= 15 is 0 Å². The van der Waals surface area contributed by atoms with Gasteiger partial charge in [-0.2, -0.15) is 12.8 Å². The van der Waals surface area contributed by atoms with Crippen LogP contribution in [-0.2, 0) is 17.3 Å². The van der Waals surface area contributed by atoms with Crippen LogP contribution in [0.1, 0.15) is 25.7 Å². The van der Waals surface area contributed by atoms with Gasteiger partial charge in [0.15, 0.2) is 0 Å². The second-order valence-electron chi connectivity index (χ2n) is 1.57. The molecule has 7 heavy (non-hydrogen) atoms. The van der Waals surface area contributed by atoms with E-state index in [2.05, 4.69) is 6.42 Å². The molecule has 0 aromatic carbocycles. The maximum atomic E-state index is 4.76. The molecule has 0 bridgehead atoms. The number of hydrogen-bond donors (Lipinski definition) is 0. The van der Waals surface area contributed by atoms with E-state index in [1.165, 1.54) is 25.7 Å². The van der Waals surface area contributed by atoms with Crippen molar-refractivity contribution >= 4 is 9.69 Å². The van der Waals surface area contributed by atoms with E-state index < -0.39 is 0 Å². The summed E-state index contributed by atoms with van der Waals surface area (Å²) in [6, 6.07) is 0. The second kappa shape index (κ2) is 6.91. The van der Waals surface area contributed by atoms with Crippen molar-refractivity contribution in [2.75, 3.05) is 0 Å². The molecule has 0 heterocycles. The molecule has 0 saturated heterocycles. The monoisotopic (exact) mass is 168 g/mol. The molecule has 1 saturated carbocycles. The molecule has 0 aromatic heterocycles. The first kappa shape index (κ1) is 7.91. The van der Waals surface area contributed by atoms with Gasteiger partial charge in [-0.05, 0) is 0 Å². The standard InChI is InChI=1S/C5H9.ClH.Zn/c1-2-4-5-3-1;;/h1H,2-5H2;1H;/q-1;;+2/p-1. The summed E-state index contributed by atoms with van der Waals surface area (Å²) in [7, 11) is 4.76. The fourth-order valence-electron chi connectivity index (χ4n) is 0.722. The van der Waals surface area contributed by atoms with Crippen molar-refractivity contribution in [3.8, 4) is 0 Å². The molecule has 2 heteroatoms. The van der Waals surface area contributed by atoms with E-state index in [9.17, 15) is 0 Å². The first-order valence-corrected chi connectivity index (χ1v) is 6.48. The van der Waals surface area contributed by atoms with E-state index in [-0.39, 0.29) is 0 Å². The molecule has 0 atom stereocenters. The van der Waals surface area contributed by atoms with Gasteiger partial charge in [0.25, 0.3) is 0 Å². The van der Waals surface area contributed by atoms with Crippen LogP contribution < -0.4 is 0 Å². The van der Waals surface area contributed by atoms with Gasteiger partial charge in [0.05, 0.1) is 0 Å². The number of rotatable bonds is 0. The third-order valence-corrected chi connectivity index (χ3v) is 1.07. The molecule has 38 valence electrons. The first-order valence-electron chi connectivity index (χ1n) is 2.58. The van der Waals surface area contributed by atoms with Crippen LogP contribution in [0.2, 0.25) is 0 Å². The quantitative estimate of drug-likeness (QED) is 0.386. The number of hydrogen-bond acceptors (Lipinski definition) is 0. The van der Waals surface area contributed by atoms with Crippen LogP contribution in [0.4, 0.5) is 0 Å². The summed E-state index contributed by atoms with van der Waals surface area (Å²) in [5, 5.41) is 0. The first-order chi connectivity index (χ1) is 3.50. The Morgan fingerprint density at radius 1 is 1.14 bits per heavy atom. The fraction of sp³-hybridized carbons (Fsp3) is 0.800. The van der Waals surface area contributed by atoms with Crippen LogP contribution in [0.5, 0.6) is 0 Å². The average molecular weight is 170 g/mol. The third-order valence-electron chi connectivity index (χ3n) is 1.07. The summed E-state index contributed by atoms with van der Waals surface area (Å²) in [6.45, 7) is 0. The van der Waals surface area contributed by atoms with Crippen molar-refractivity contribution in [1.29, 1.82) is 0 Å². The Balaban J connectivity index is 0.000000162. The van der Waals surface area contributed by atoms with E-state index in [1.54, 1.807) is 0 Å². The molecular formula is C5H9ClZn. The molecule has 0 radical (unpaired) electrons. The van der Waals surface area contributed by atoms with Crippen molar-refractivity contribution in [2.45, 2.75) is 25.7 Å². The van der Waals surface area contributed by atoms with Crippen LogP contribution in [0.15, 0.2) is 0 Å². The van der Waals surface area contributed by atoms with Crippen molar-refractivity contribution in [1.82, 2.24) is 0 Å². The Labute approximate surface area is 59.3 Å². The zero-order valence-electron chi connectivity index (χ0n) is 4.49. The summed E-state index contributed by atoms with van der Waals surface area (Å²) in [5.74, 6) is 0. The van der Waals surface area contributed by atoms with Gasteiger partial charge in [-0.25, -0.2) is 0 Å². The Kier molecular flexibility index (Phi) is 7.82. The molecular weight excluding hydrogens is 161 g/mol. The zero-order chi connectivity index (χ0) is 5.54. The zero-order valence-corrected chi connectivity index (χ0v) is 8.21. The van der Waals surface area contributed by atoms with Crippen LogP contribution in [0.3, 0.4) is 0 Å². The van der Waals surface area contributed by atoms with Gasteiger partial charge in [-0.1, -0.05) is 12.8 Å². The SMILES string of the molecule is [CH-]1CCCC1.[Cl][Zn+]. The van der Waals surface area contributed by atoms with Gasteiger partial charge in [0.2, 0.25) is 0 Å². The van der Waals surface area contributed by atoms with Crippen LogP contribution in [-0.4, -0.2) is 0 Å². The molecule has 0 spiro atoms. The molecule has 1 aliphatic rings. The maximum absolute atomic E-state index is 4.76. The molecule has 1 aliphatic carbocycles. The molecule has 0 N–H and O–H groups in total. The second-order valence-corrected chi connectivity index (χ2v) is 1.57. The molecule has 0 nitrogen and oxygen atoms in total. The molecule has 1 fully saturated rings. The number of halogens is 1. The van der Waals surface area contributed by atoms with Gasteiger partial charge in [0.1, 0.15) is 0 Å². The average Bonchev–Trinajstić information content (AvgIpc) is 2.23. The minimum absolute atomic E-state index is 0.847. The Bertz CT molecular complexity index is 19.7. The summed E-state index contributed by atoms with van der Waals surface area (Å²) in [4.78, 5) is 0.